The second kappa shape index (κ2) is 7.59. The Morgan fingerprint density at radius 3 is 2.74 bits per heavy atom. The van der Waals surface area contributed by atoms with Crippen LogP contribution >= 0.6 is 11.3 Å². The number of carboxylic acids is 1. The minimum Gasteiger partial charge on any atom is -0.480 e. The Hall–Kier alpha value is -1.89. The Morgan fingerprint density at radius 1 is 1.35 bits per heavy atom. The fourth-order valence-corrected chi connectivity index (χ4v) is 3.57. The normalized spacial score (nSPS) is 13.8. The fraction of sp³-hybridized carbons (Fsp3) is 0.562. The molecule has 0 radical (unpaired) electrons. The summed E-state index contributed by atoms with van der Waals surface area (Å²) in [6, 6.07) is 1.84. The second-order valence-corrected chi connectivity index (χ2v) is 6.94. The van der Waals surface area contributed by atoms with Crippen LogP contribution in [0, 0.1) is 0 Å². The largest absolute Gasteiger partial charge is 0.480 e. The highest BCUT2D eigenvalue weighted by atomic mass is 32.1. The van der Waals surface area contributed by atoms with E-state index in [9.17, 15) is 14.4 Å². The van der Waals surface area contributed by atoms with E-state index in [1.54, 1.807) is 30.1 Å². The first kappa shape index (κ1) is 17.5. The highest BCUT2D eigenvalue weighted by molar-refractivity contribution is 7.10. The van der Waals surface area contributed by atoms with Gasteiger partial charge in [0.05, 0.1) is 0 Å². The van der Waals surface area contributed by atoms with Crippen LogP contribution in [-0.4, -0.2) is 51.8 Å². The first-order chi connectivity index (χ1) is 10.9. The Kier molecular flexibility index (Phi) is 5.76. The number of amides is 2. The van der Waals surface area contributed by atoms with E-state index in [1.165, 1.54) is 15.3 Å². The minimum atomic E-state index is -1.04. The quantitative estimate of drug-likeness (QED) is 0.857. The van der Waals surface area contributed by atoms with Crippen molar-refractivity contribution in [1.82, 2.24) is 9.80 Å². The highest BCUT2D eigenvalue weighted by Gasteiger charge is 2.24. The van der Waals surface area contributed by atoms with Crippen molar-refractivity contribution in [3.05, 3.63) is 21.9 Å². The molecule has 6 nitrogen and oxygen atoms in total. The average Bonchev–Trinajstić information content (AvgIpc) is 2.96. The fourth-order valence-electron chi connectivity index (χ4n) is 2.68. The third kappa shape index (κ3) is 4.54. The van der Waals surface area contributed by atoms with Gasteiger partial charge in [-0.05, 0) is 37.3 Å². The molecule has 0 spiro atoms. The Labute approximate surface area is 139 Å². The Morgan fingerprint density at radius 2 is 2.09 bits per heavy atom. The molecule has 2 rings (SSSR count). The predicted octanol–water partition coefficient (Wildman–Crippen LogP) is 1.73. The van der Waals surface area contributed by atoms with Crippen molar-refractivity contribution in [2.45, 2.75) is 45.7 Å². The van der Waals surface area contributed by atoms with Crippen LogP contribution in [0.4, 0.5) is 0 Å². The summed E-state index contributed by atoms with van der Waals surface area (Å²) in [5.74, 6) is -1.38. The van der Waals surface area contributed by atoms with Crippen LogP contribution in [0.25, 0.3) is 0 Å². The number of fused-ring (bicyclic) bond motifs is 1. The van der Waals surface area contributed by atoms with Gasteiger partial charge in [0.25, 0.3) is 0 Å². The number of thiophene rings is 1. The summed E-state index contributed by atoms with van der Waals surface area (Å²) in [7, 11) is 0. The third-order valence-electron chi connectivity index (χ3n) is 3.96. The van der Waals surface area contributed by atoms with E-state index in [-0.39, 0.29) is 37.2 Å². The molecule has 0 saturated heterocycles. The maximum Gasteiger partial charge on any atom is 0.323 e. The smallest absolute Gasteiger partial charge is 0.323 e. The Bertz CT molecular complexity index is 597. The van der Waals surface area contributed by atoms with Crippen LogP contribution in [0.3, 0.4) is 0 Å². The summed E-state index contributed by atoms with van der Waals surface area (Å²) in [4.78, 5) is 39.7. The molecular weight excluding hydrogens is 316 g/mol. The van der Waals surface area contributed by atoms with Crippen LogP contribution in [0.5, 0.6) is 0 Å². The molecular formula is C16H22N2O4S. The number of hydrogen-bond donors (Lipinski definition) is 1. The maximum absolute atomic E-state index is 12.3. The SMILES string of the molecule is CC(C)N(CC(=O)O)C(=O)CCC(=O)N1CCc2sccc2C1. The van der Waals surface area contributed by atoms with Crippen molar-refractivity contribution in [1.29, 1.82) is 0 Å². The number of aliphatic carboxylic acids is 1. The molecule has 0 aromatic carbocycles. The first-order valence-corrected chi connectivity index (χ1v) is 8.60. The zero-order valence-electron chi connectivity index (χ0n) is 13.4. The molecule has 0 saturated carbocycles. The van der Waals surface area contributed by atoms with E-state index < -0.39 is 5.97 Å². The van der Waals surface area contributed by atoms with Gasteiger partial charge in [0.1, 0.15) is 6.54 Å². The number of carbonyl (C=O) groups is 3. The van der Waals surface area contributed by atoms with Gasteiger partial charge in [-0.25, -0.2) is 0 Å². The van der Waals surface area contributed by atoms with Gasteiger partial charge in [0.2, 0.25) is 11.8 Å². The van der Waals surface area contributed by atoms with Crippen LogP contribution in [0.1, 0.15) is 37.1 Å². The summed E-state index contributed by atoms with van der Waals surface area (Å²) in [5.41, 5.74) is 1.19. The second-order valence-electron chi connectivity index (χ2n) is 5.94. The lowest BCUT2D eigenvalue weighted by atomic mass is 10.1. The van der Waals surface area contributed by atoms with Gasteiger partial charge in [-0.2, -0.15) is 0 Å². The highest BCUT2D eigenvalue weighted by Crippen LogP contribution is 2.24. The molecule has 1 aromatic rings. The van der Waals surface area contributed by atoms with E-state index >= 15 is 0 Å². The van der Waals surface area contributed by atoms with E-state index in [2.05, 4.69) is 0 Å². The van der Waals surface area contributed by atoms with E-state index in [4.69, 9.17) is 5.11 Å². The molecule has 126 valence electrons. The summed E-state index contributed by atoms with van der Waals surface area (Å²) < 4.78 is 0. The van der Waals surface area contributed by atoms with Gasteiger partial charge in [-0.1, -0.05) is 0 Å². The average molecular weight is 338 g/mol. The van der Waals surface area contributed by atoms with Gasteiger partial charge < -0.3 is 14.9 Å². The van der Waals surface area contributed by atoms with Crippen molar-refractivity contribution in [3.8, 4) is 0 Å². The van der Waals surface area contributed by atoms with Gasteiger partial charge in [0, 0.05) is 36.9 Å². The number of carbonyl (C=O) groups excluding carboxylic acids is 2. The summed E-state index contributed by atoms with van der Waals surface area (Å²) in [6.45, 7) is 4.50. The van der Waals surface area contributed by atoms with Crippen molar-refractivity contribution in [2.75, 3.05) is 13.1 Å². The van der Waals surface area contributed by atoms with Crippen LogP contribution in [0.15, 0.2) is 11.4 Å². The van der Waals surface area contributed by atoms with Crippen molar-refractivity contribution < 1.29 is 19.5 Å². The molecule has 2 amide bonds. The van der Waals surface area contributed by atoms with Gasteiger partial charge in [-0.3, -0.25) is 14.4 Å². The monoisotopic (exact) mass is 338 g/mol. The van der Waals surface area contributed by atoms with Crippen molar-refractivity contribution >= 4 is 29.1 Å². The lowest BCUT2D eigenvalue weighted by Gasteiger charge is -2.28. The van der Waals surface area contributed by atoms with Crippen LogP contribution in [-0.2, 0) is 27.3 Å². The molecule has 0 aliphatic carbocycles. The van der Waals surface area contributed by atoms with E-state index in [1.807, 2.05) is 11.4 Å². The molecule has 2 heterocycles. The number of carboxylic acid groups (broad SMARTS) is 1. The summed E-state index contributed by atoms with van der Waals surface area (Å²) in [5, 5.41) is 10.9. The van der Waals surface area contributed by atoms with Crippen molar-refractivity contribution in [3.63, 3.8) is 0 Å². The molecule has 0 unspecified atom stereocenters. The van der Waals surface area contributed by atoms with Crippen molar-refractivity contribution in [2.24, 2.45) is 0 Å². The van der Waals surface area contributed by atoms with Crippen LogP contribution in [0.2, 0.25) is 0 Å². The minimum absolute atomic E-state index is 0.0470. The molecule has 23 heavy (non-hydrogen) atoms. The van der Waals surface area contributed by atoms with Crippen LogP contribution < -0.4 is 0 Å². The van der Waals surface area contributed by atoms with E-state index in [0.29, 0.717) is 13.1 Å². The lowest BCUT2D eigenvalue weighted by molar-refractivity contribution is -0.146. The number of hydrogen-bond acceptors (Lipinski definition) is 4. The molecule has 1 aliphatic heterocycles. The third-order valence-corrected chi connectivity index (χ3v) is 4.99. The number of nitrogens with zero attached hydrogens (tertiary/aromatic N) is 2. The van der Waals surface area contributed by atoms with E-state index in [0.717, 1.165) is 6.42 Å². The van der Waals surface area contributed by atoms with Gasteiger partial charge in [-0.15, -0.1) is 11.3 Å². The van der Waals surface area contributed by atoms with Gasteiger partial charge in [0.15, 0.2) is 0 Å². The molecule has 0 fully saturated rings. The zero-order chi connectivity index (χ0) is 17.0. The summed E-state index contributed by atoms with van der Waals surface area (Å²) >= 11 is 1.72. The summed E-state index contributed by atoms with van der Waals surface area (Å²) in [6.07, 6.45) is 1.04. The zero-order valence-corrected chi connectivity index (χ0v) is 14.3. The molecule has 0 bridgehead atoms. The molecule has 1 aromatic heterocycles. The predicted molar refractivity (Wildman–Crippen MR) is 87.2 cm³/mol. The van der Waals surface area contributed by atoms with Gasteiger partial charge >= 0.3 is 5.97 Å². The topological polar surface area (TPSA) is 77.9 Å². The maximum atomic E-state index is 12.3. The standard InChI is InChI=1S/C16H22N2O4S/c1-11(2)18(10-16(21)22)15(20)4-3-14(19)17-7-5-13-12(9-17)6-8-23-13/h6,8,11H,3-5,7,9-10H2,1-2H3,(H,21,22). The molecule has 1 aliphatic rings. The molecule has 1 N–H and O–H groups in total. The Balaban J connectivity index is 1.86. The lowest BCUT2D eigenvalue weighted by Crippen LogP contribution is -2.41. The molecule has 0 atom stereocenters. The molecule has 7 heteroatoms. The first-order valence-electron chi connectivity index (χ1n) is 7.72. The number of rotatable bonds is 6.